The minimum Gasteiger partial charge on any atom is -0.483 e. The normalized spacial score (nSPS) is 13.8. The van der Waals surface area contributed by atoms with E-state index in [1.807, 2.05) is 23.7 Å². The van der Waals surface area contributed by atoms with Gasteiger partial charge in [-0.1, -0.05) is 12.1 Å². The summed E-state index contributed by atoms with van der Waals surface area (Å²) in [5, 5.41) is 11.3. The number of nitrogens with zero attached hydrogens (tertiary/aromatic N) is 3. The first kappa shape index (κ1) is 11.1. The summed E-state index contributed by atoms with van der Waals surface area (Å²) in [4.78, 5) is 0. The number of aromatic nitrogens is 3. The number of benzene rings is 1. The Morgan fingerprint density at radius 2 is 2.39 bits per heavy atom. The molecule has 1 N–H and O–H groups in total. The number of aryl methyl sites for hydroxylation is 2. The van der Waals surface area contributed by atoms with Gasteiger partial charge in [-0.2, -0.15) is 0 Å². The zero-order valence-corrected chi connectivity index (χ0v) is 10.4. The molecule has 2 aromatic rings. The lowest BCUT2D eigenvalue weighted by atomic mass is 10.0. The Kier molecular flexibility index (Phi) is 2.88. The average Bonchev–Trinajstić information content (AvgIpc) is 2.82. The van der Waals surface area contributed by atoms with Crippen LogP contribution in [0.3, 0.4) is 0 Å². The van der Waals surface area contributed by atoms with Crippen molar-refractivity contribution in [3.63, 3.8) is 0 Å². The molecule has 94 valence electrons. The van der Waals surface area contributed by atoms with Crippen LogP contribution in [0.2, 0.25) is 0 Å². The number of rotatable bonds is 3. The quantitative estimate of drug-likeness (QED) is 0.893. The molecule has 0 fully saturated rings. The van der Waals surface area contributed by atoms with Crippen LogP contribution < -0.4 is 10.1 Å². The van der Waals surface area contributed by atoms with Crippen molar-refractivity contribution in [2.45, 2.75) is 19.4 Å². The number of anilines is 1. The molecule has 0 bridgehead atoms. The Morgan fingerprint density at radius 1 is 1.44 bits per heavy atom. The van der Waals surface area contributed by atoms with E-state index in [1.165, 1.54) is 12.0 Å². The number of ether oxygens (including phenoxy) is 1. The number of para-hydroxylation sites is 1. The summed E-state index contributed by atoms with van der Waals surface area (Å²) < 4.78 is 7.71. The van der Waals surface area contributed by atoms with E-state index >= 15 is 0 Å². The first-order valence-electron chi connectivity index (χ1n) is 6.16. The van der Waals surface area contributed by atoms with Crippen molar-refractivity contribution < 1.29 is 4.74 Å². The van der Waals surface area contributed by atoms with Gasteiger partial charge in [0, 0.05) is 13.6 Å². The maximum absolute atomic E-state index is 5.84. The monoisotopic (exact) mass is 244 g/mol. The fourth-order valence-corrected chi connectivity index (χ4v) is 2.18. The van der Waals surface area contributed by atoms with Crippen LogP contribution in [0, 0.1) is 0 Å². The van der Waals surface area contributed by atoms with Crippen LogP contribution in [-0.4, -0.2) is 21.3 Å². The first-order chi connectivity index (χ1) is 8.84. The van der Waals surface area contributed by atoms with E-state index in [9.17, 15) is 0 Å². The maximum atomic E-state index is 5.84. The highest BCUT2D eigenvalue weighted by atomic mass is 16.5. The Balaban J connectivity index is 1.79. The van der Waals surface area contributed by atoms with E-state index in [4.69, 9.17) is 4.74 Å². The lowest BCUT2D eigenvalue weighted by Crippen LogP contribution is -2.13. The number of hydrogen-bond donors (Lipinski definition) is 1. The van der Waals surface area contributed by atoms with Gasteiger partial charge in [0.05, 0.1) is 5.69 Å². The van der Waals surface area contributed by atoms with Crippen LogP contribution in [0.4, 0.5) is 5.69 Å². The van der Waals surface area contributed by atoms with Gasteiger partial charge in [-0.3, -0.25) is 0 Å². The smallest absolute Gasteiger partial charge is 0.170 e. The van der Waals surface area contributed by atoms with Crippen molar-refractivity contribution in [2.24, 2.45) is 7.05 Å². The standard InChI is InChI=1S/C13H16N4O/c1-17-9-15-16-12(17)8-18-11-6-2-4-10-5-3-7-14-13(10)11/h2,4,6,9,14H,3,5,7-8H2,1H3. The summed E-state index contributed by atoms with van der Waals surface area (Å²) in [5.74, 6) is 1.72. The number of hydrogen-bond acceptors (Lipinski definition) is 4. The lowest BCUT2D eigenvalue weighted by Gasteiger charge is -2.20. The molecule has 1 aliphatic rings. The molecule has 0 spiro atoms. The van der Waals surface area contributed by atoms with E-state index in [0.717, 1.165) is 30.2 Å². The second kappa shape index (κ2) is 4.68. The molecular formula is C13H16N4O. The van der Waals surface area contributed by atoms with Crippen molar-refractivity contribution in [1.82, 2.24) is 14.8 Å². The molecule has 0 radical (unpaired) electrons. The predicted octanol–water partition coefficient (Wildman–Crippen LogP) is 1.75. The molecule has 1 aliphatic heterocycles. The van der Waals surface area contributed by atoms with Crippen molar-refractivity contribution in [3.8, 4) is 5.75 Å². The highest BCUT2D eigenvalue weighted by molar-refractivity contribution is 5.63. The minimum atomic E-state index is 0.439. The summed E-state index contributed by atoms with van der Waals surface area (Å²) in [6, 6.07) is 6.18. The molecule has 0 aliphatic carbocycles. The summed E-state index contributed by atoms with van der Waals surface area (Å²) in [5.41, 5.74) is 2.46. The van der Waals surface area contributed by atoms with Gasteiger partial charge in [-0.25, -0.2) is 0 Å². The highest BCUT2D eigenvalue weighted by Crippen LogP contribution is 2.32. The van der Waals surface area contributed by atoms with E-state index < -0.39 is 0 Å². The molecule has 18 heavy (non-hydrogen) atoms. The van der Waals surface area contributed by atoms with Crippen LogP contribution in [0.25, 0.3) is 0 Å². The summed E-state index contributed by atoms with van der Waals surface area (Å²) in [6.07, 6.45) is 3.97. The Hall–Kier alpha value is -2.04. The molecule has 0 saturated carbocycles. The van der Waals surface area contributed by atoms with Gasteiger partial charge in [-0.05, 0) is 24.5 Å². The SMILES string of the molecule is Cn1cnnc1COc1cccc2c1NCCC2. The molecule has 2 heterocycles. The second-order valence-electron chi connectivity index (χ2n) is 4.47. The van der Waals surface area contributed by atoms with Gasteiger partial charge in [0.25, 0.3) is 0 Å². The minimum absolute atomic E-state index is 0.439. The molecule has 3 rings (SSSR count). The van der Waals surface area contributed by atoms with Gasteiger partial charge >= 0.3 is 0 Å². The summed E-state index contributed by atoms with van der Waals surface area (Å²) in [6.45, 7) is 1.45. The average molecular weight is 244 g/mol. The van der Waals surface area contributed by atoms with E-state index in [2.05, 4.69) is 21.6 Å². The molecule has 0 atom stereocenters. The van der Waals surface area contributed by atoms with Crippen molar-refractivity contribution in [2.75, 3.05) is 11.9 Å². The van der Waals surface area contributed by atoms with E-state index in [0.29, 0.717) is 6.61 Å². The third-order valence-corrected chi connectivity index (χ3v) is 3.20. The zero-order chi connectivity index (χ0) is 12.4. The molecule has 5 heteroatoms. The van der Waals surface area contributed by atoms with Gasteiger partial charge < -0.3 is 14.6 Å². The fourth-order valence-electron chi connectivity index (χ4n) is 2.18. The second-order valence-corrected chi connectivity index (χ2v) is 4.47. The fraction of sp³-hybridized carbons (Fsp3) is 0.385. The molecular weight excluding hydrogens is 228 g/mol. The lowest BCUT2D eigenvalue weighted by molar-refractivity contribution is 0.292. The van der Waals surface area contributed by atoms with Gasteiger partial charge in [0.2, 0.25) is 0 Å². The molecule has 1 aromatic carbocycles. The predicted molar refractivity (Wildman–Crippen MR) is 68.6 cm³/mol. The van der Waals surface area contributed by atoms with Crippen molar-refractivity contribution in [3.05, 3.63) is 35.9 Å². The van der Waals surface area contributed by atoms with Gasteiger partial charge in [-0.15, -0.1) is 10.2 Å². The maximum Gasteiger partial charge on any atom is 0.170 e. The number of nitrogens with one attached hydrogen (secondary N) is 1. The van der Waals surface area contributed by atoms with Crippen LogP contribution >= 0.6 is 0 Å². The molecule has 5 nitrogen and oxygen atoms in total. The van der Waals surface area contributed by atoms with E-state index in [-0.39, 0.29) is 0 Å². The Morgan fingerprint density at radius 3 is 3.22 bits per heavy atom. The number of fused-ring (bicyclic) bond motifs is 1. The van der Waals surface area contributed by atoms with Crippen molar-refractivity contribution >= 4 is 5.69 Å². The molecule has 1 aromatic heterocycles. The van der Waals surface area contributed by atoms with Crippen molar-refractivity contribution in [1.29, 1.82) is 0 Å². The third kappa shape index (κ3) is 2.03. The molecule has 0 amide bonds. The van der Waals surface area contributed by atoms with Crippen LogP contribution in [0.1, 0.15) is 17.8 Å². The Labute approximate surface area is 106 Å². The van der Waals surface area contributed by atoms with E-state index in [1.54, 1.807) is 6.33 Å². The third-order valence-electron chi connectivity index (χ3n) is 3.20. The Bertz CT molecular complexity index is 550. The first-order valence-corrected chi connectivity index (χ1v) is 6.16. The van der Waals surface area contributed by atoms with Crippen LogP contribution in [-0.2, 0) is 20.1 Å². The summed E-state index contributed by atoms with van der Waals surface area (Å²) >= 11 is 0. The molecule has 0 unspecified atom stereocenters. The highest BCUT2D eigenvalue weighted by Gasteiger charge is 2.13. The van der Waals surface area contributed by atoms with Crippen LogP contribution in [0.15, 0.2) is 24.5 Å². The zero-order valence-electron chi connectivity index (χ0n) is 10.4. The largest absolute Gasteiger partial charge is 0.483 e. The van der Waals surface area contributed by atoms with Gasteiger partial charge in [0.15, 0.2) is 5.82 Å². The topological polar surface area (TPSA) is 52.0 Å². The van der Waals surface area contributed by atoms with Crippen LogP contribution in [0.5, 0.6) is 5.75 Å². The summed E-state index contributed by atoms with van der Waals surface area (Å²) in [7, 11) is 1.91. The molecule has 0 saturated heterocycles. The van der Waals surface area contributed by atoms with Gasteiger partial charge in [0.1, 0.15) is 18.7 Å².